The summed E-state index contributed by atoms with van der Waals surface area (Å²) in [7, 11) is -4.20. The van der Waals surface area contributed by atoms with Crippen LogP contribution in [-0.4, -0.2) is 46.9 Å². The molecule has 0 aliphatic heterocycles. The predicted molar refractivity (Wildman–Crippen MR) is 128 cm³/mol. The Hall–Kier alpha value is -4.18. The zero-order chi connectivity index (χ0) is 32.1. The van der Waals surface area contributed by atoms with Gasteiger partial charge < -0.3 is 9.47 Å². The van der Waals surface area contributed by atoms with Crippen LogP contribution in [0.1, 0.15) is 17.0 Å². The Morgan fingerprint density at radius 1 is 1.02 bits per heavy atom. The number of aromatic nitrogens is 4. The van der Waals surface area contributed by atoms with Crippen molar-refractivity contribution in [2.75, 3.05) is 11.9 Å². The summed E-state index contributed by atoms with van der Waals surface area (Å²) in [6, 6.07) is 1.73. The molecule has 43 heavy (non-hydrogen) atoms. The molecule has 22 heteroatoms. The lowest BCUT2D eigenvalue weighted by Crippen LogP contribution is -2.21. The summed E-state index contributed by atoms with van der Waals surface area (Å²) in [6.45, 7) is -0.865. The highest BCUT2D eigenvalue weighted by atomic mass is 32.2. The Morgan fingerprint density at radius 2 is 1.70 bits per heavy atom. The monoisotopic (exact) mass is 664 g/mol. The van der Waals surface area contributed by atoms with Crippen molar-refractivity contribution in [2.45, 2.75) is 29.7 Å². The first-order valence-electron chi connectivity index (χ1n) is 11.0. The zero-order valence-electron chi connectivity index (χ0n) is 20.7. The number of hydrogen-bond donors (Lipinski definition) is 2. The number of rotatable bonds is 6. The molecule has 0 aliphatic carbocycles. The maximum atomic E-state index is 13.9. The van der Waals surface area contributed by atoms with Gasteiger partial charge in [0.2, 0.25) is 10.0 Å². The number of nitrogens with two attached hydrogens (primary N) is 1. The number of amides is 1. The van der Waals surface area contributed by atoms with Gasteiger partial charge in [-0.25, -0.2) is 32.8 Å². The second-order valence-electron chi connectivity index (χ2n) is 8.33. The van der Waals surface area contributed by atoms with Crippen LogP contribution < -0.4 is 19.9 Å². The first-order valence-corrected chi connectivity index (χ1v) is 13.4. The van der Waals surface area contributed by atoms with Crippen LogP contribution in [0.3, 0.4) is 0 Å². The van der Waals surface area contributed by atoms with Gasteiger partial charge in [0, 0.05) is 5.56 Å². The van der Waals surface area contributed by atoms with Crippen LogP contribution in [0.25, 0.3) is 16.9 Å². The first kappa shape index (κ1) is 31.7. The van der Waals surface area contributed by atoms with Crippen molar-refractivity contribution in [1.82, 2.24) is 19.6 Å². The fourth-order valence-electron chi connectivity index (χ4n) is 3.47. The van der Waals surface area contributed by atoms with Crippen molar-refractivity contribution in [3.05, 3.63) is 47.4 Å². The van der Waals surface area contributed by atoms with Gasteiger partial charge in [0.05, 0.1) is 23.1 Å². The molecule has 0 fully saturated rings. The molecule has 4 aromatic rings. The van der Waals surface area contributed by atoms with Crippen molar-refractivity contribution in [1.29, 1.82) is 0 Å². The number of primary sulfonamides is 1. The smallest absolute Gasteiger partial charge is 0.433 e. The highest BCUT2D eigenvalue weighted by molar-refractivity contribution is 7.91. The van der Waals surface area contributed by atoms with Crippen molar-refractivity contribution >= 4 is 38.2 Å². The molecule has 4 rings (SSSR count). The van der Waals surface area contributed by atoms with Gasteiger partial charge in [-0.2, -0.15) is 44.6 Å². The van der Waals surface area contributed by atoms with E-state index in [0.717, 1.165) is 0 Å². The van der Waals surface area contributed by atoms with E-state index >= 15 is 0 Å². The van der Waals surface area contributed by atoms with E-state index < -0.39 is 85.1 Å². The number of benzene rings is 1. The van der Waals surface area contributed by atoms with Gasteiger partial charge in [0.15, 0.2) is 33.0 Å². The van der Waals surface area contributed by atoms with Crippen LogP contribution >= 0.6 is 11.3 Å². The predicted octanol–water partition coefficient (Wildman–Crippen LogP) is 5.40. The fraction of sp³-hybridized carbons (Fsp3) is 0.238. The van der Waals surface area contributed by atoms with E-state index in [1.165, 1.54) is 6.92 Å². The fourth-order valence-corrected chi connectivity index (χ4v) is 5.32. The van der Waals surface area contributed by atoms with Crippen LogP contribution in [0.15, 0.2) is 34.7 Å². The number of carbonyl (C=O) groups is 1. The molecule has 0 unspecified atom stereocenters. The van der Waals surface area contributed by atoms with Crippen molar-refractivity contribution in [2.24, 2.45) is 5.14 Å². The largest absolute Gasteiger partial charge is 0.483 e. The average Bonchev–Trinajstić information content (AvgIpc) is 3.43. The Morgan fingerprint density at radius 3 is 2.26 bits per heavy atom. The molecule has 0 saturated carbocycles. The molecule has 1 amide bonds. The van der Waals surface area contributed by atoms with Gasteiger partial charge in [-0.15, -0.1) is 0 Å². The van der Waals surface area contributed by atoms with E-state index in [1.807, 2.05) is 5.32 Å². The molecular weight excluding hydrogens is 651 g/mol. The Balaban J connectivity index is 1.76. The third kappa shape index (κ3) is 7.25. The normalized spacial score (nSPS) is 12.9. The number of carbonyl (C=O) groups excluding carboxylic acids is 1. The van der Waals surface area contributed by atoms with Crippen molar-refractivity contribution in [3.8, 4) is 22.8 Å². The minimum atomic E-state index is -5.18. The molecular formula is C21H13F9N6O5S2. The number of halogens is 9. The van der Waals surface area contributed by atoms with Crippen molar-refractivity contribution in [3.63, 3.8) is 0 Å². The average molecular weight is 664 g/mol. The third-order valence-electron chi connectivity index (χ3n) is 5.13. The Kier molecular flexibility index (Phi) is 7.99. The lowest BCUT2D eigenvalue weighted by atomic mass is 10.1. The maximum Gasteiger partial charge on any atom is 0.433 e. The molecule has 0 atom stereocenters. The molecule has 3 aromatic heterocycles. The summed E-state index contributed by atoms with van der Waals surface area (Å²) in [4.78, 5) is 20.0. The minimum Gasteiger partial charge on any atom is -0.483 e. The van der Waals surface area contributed by atoms with Crippen LogP contribution in [0.5, 0.6) is 11.5 Å². The second-order valence-corrected chi connectivity index (χ2v) is 11.1. The number of anilines is 1. The number of fused-ring (bicyclic) bond motifs is 1. The van der Waals surface area contributed by atoms with Gasteiger partial charge in [0.1, 0.15) is 5.75 Å². The molecule has 11 nitrogen and oxygen atoms in total. The highest BCUT2D eigenvalue weighted by Crippen LogP contribution is 2.40. The Bertz CT molecular complexity index is 1810. The number of hydrogen-bond acceptors (Lipinski definition) is 9. The SMILES string of the molecule is Cc1nc(NC(=O)Oc2cnn3c(C(F)(F)F)cc(-c4ccc(C(F)(F)F)c(OCC(F)(F)F)c4)nc23)sc1S(N)(=O)=O. The number of alkyl halides is 9. The lowest BCUT2D eigenvalue weighted by Gasteiger charge is -2.17. The van der Waals surface area contributed by atoms with E-state index in [0.29, 0.717) is 41.8 Å². The molecule has 3 N–H and O–H groups in total. The van der Waals surface area contributed by atoms with E-state index in [1.54, 1.807) is 0 Å². The molecule has 232 valence electrons. The van der Waals surface area contributed by atoms with E-state index in [9.17, 15) is 52.7 Å². The summed E-state index contributed by atoms with van der Waals surface area (Å²) in [5.41, 5.74) is -5.26. The molecule has 0 bridgehead atoms. The number of thiazole rings is 1. The molecule has 0 radical (unpaired) electrons. The van der Waals surface area contributed by atoms with Gasteiger partial charge in [-0.1, -0.05) is 17.4 Å². The zero-order valence-corrected chi connectivity index (χ0v) is 22.4. The quantitative estimate of drug-likeness (QED) is 0.260. The number of ether oxygens (including phenoxy) is 2. The van der Waals surface area contributed by atoms with Crippen LogP contribution in [-0.2, 0) is 22.4 Å². The van der Waals surface area contributed by atoms with Gasteiger partial charge >= 0.3 is 24.6 Å². The van der Waals surface area contributed by atoms with E-state index in [2.05, 4.69) is 19.8 Å². The van der Waals surface area contributed by atoms with Crippen molar-refractivity contribution < 1.29 is 62.2 Å². The minimum absolute atomic E-state index is 0.0740. The first-order chi connectivity index (χ1) is 19.6. The Labute approximate surface area is 237 Å². The molecule has 0 aliphatic rings. The summed E-state index contributed by atoms with van der Waals surface area (Å²) >= 11 is 0.443. The number of sulfonamides is 1. The second kappa shape index (κ2) is 10.8. The van der Waals surface area contributed by atoms with E-state index in [-0.39, 0.29) is 15.3 Å². The molecule has 0 spiro atoms. The van der Waals surface area contributed by atoms with E-state index in [4.69, 9.17) is 9.88 Å². The van der Waals surface area contributed by atoms with Crippen LogP contribution in [0.2, 0.25) is 0 Å². The standard InChI is InChI=1S/C21H13F9N6O5S2/c1-8-16(43(31,38)39)42-17(33-8)35-18(37)41-13-6-32-36-14(21(28,29)30)5-11(34-15(13)36)9-2-3-10(20(25,26)27)12(4-9)40-7-19(22,23)24/h2-6H,7H2,1H3,(H2,31,38,39)(H,33,35,37). The number of nitrogens with one attached hydrogen (secondary N) is 1. The third-order valence-corrected chi connectivity index (χ3v) is 7.75. The van der Waals surface area contributed by atoms with Crippen LogP contribution in [0.4, 0.5) is 49.4 Å². The molecule has 1 aromatic carbocycles. The summed E-state index contributed by atoms with van der Waals surface area (Å²) in [6.07, 6.45) is -16.1. The number of nitrogens with zero attached hydrogens (tertiary/aromatic N) is 4. The maximum absolute atomic E-state index is 13.9. The summed E-state index contributed by atoms with van der Waals surface area (Å²) in [5.74, 6) is -2.04. The highest BCUT2D eigenvalue weighted by Gasteiger charge is 2.38. The van der Waals surface area contributed by atoms with Gasteiger partial charge in [0.25, 0.3) is 0 Å². The van der Waals surface area contributed by atoms with Crippen LogP contribution in [0, 0.1) is 6.92 Å². The van der Waals surface area contributed by atoms with Gasteiger partial charge in [-0.3, -0.25) is 5.32 Å². The lowest BCUT2D eigenvalue weighted by molar-refractivity contribution is -0.158. The van der Waals surface area contributed by atoms with Gasteiger partial charge in [-0.05, 0) is 25.1 Å². The summed E-state index contributed by atoms with van der Waals surface area (Å²) in [5, 5.41) is 10.2. The number of aryl methyl sites for hydroxylation is 1. The summed E-state index contributed by atoms with van der Waals surface area (Å²) < 4.78 is 152. The molecule has 0 saturated heterocycles. The molecule has 3 heterocycles. The topological polar surface area (TPSA) is 151 Å².